The number of nitrogens with zero attached hydrogens (tertiary/aromatic N) is 5. The van der Waals surface area contributed by atoms with E-state index < -0.39 is 0 Å². The second-order valence-corrected chi connectivity index (χ2v) is 3.58. The van der Waals surface area contributed by atoms with E-state index >= 15 is 0 Å². The van der Waals surface area contributed by atoms with Gasteiger partial charge in [-0.1, -0.05) is 5.21 Å². The molecule has 1 N–H and O–H groups in total. The van der Waals surface area contributed by atoms with Gasteiger partial charge >= 0.3 is 0 Å². The predicted octanol–water partition coefficient (Wildman–Crippen LogP) is 0.272. The molecule has 0 aromatic carbocycles. The number of fused-ring (bicyclic) bond motifs is 1. The van der Waals surface area contributed by atoms with Crippen LogP contribution in [0.15, 0.2) is 6.33 Å². The van der Waals surface area contributed by atoms with E-state index in [9.17, 15) is 0 Å². The highest BCUT2D eigenvalue weighted by Crippen LogP contribution is 2.15. The summed E-state index contributed by atoms with van der Waals surface area (Å²) in [5.74, 6) is 0.624. The Hall–Kier alpha value is -1.80. The summed E-state index contributed by atoms with van der Waals surface area (Å²) in [7, 11) is 3.16. The van der Waals surface area contributed by atoms with Gasteiger partial charge in [-0.25, -0.2) is 14.6 Å². The van der Waals surface area contributed by atoms with Gasteiger partial charge in [0.2, 0.25) is 0 Å². The van der Waals surface area contributed by atoms with E-state index in [0.717, 1.165) is 0 Å². The molecule has 0 amide bonds. The van der Waals surface area contributed by atoms with Crippen molar-refractivity contribution in [2.45, 2.75) is 19.8 Å². The fraction of sp³-hybridized carbons (Fsp3) is 0.600. The Morgan fingerprint density at radius 2 is 2.11 bits per heavy atom. The first-order valence-corrected chi connectivity index (χ1v) is 5.63. The average molecular weight is 252 g/mol. The Kier molecular flexibility index (Phi) is 4.00. The van der Waals surface area contributed by atoms with Crippen LogP contribution in [0.4, 0.5) is 5.82 Å². The highest BCUT2D eigenvalue weighted by Gasteiger charge is 2.12. The van der Waals surface area contributed by atoms with Crippen LogP contribution in [0, 0.1) is 0 Å². The molecule has 8 nitrogen and oxygen atoms in total. The summed E-state index contributed by atoms with van der Waals surface area (Å²) in [6.45, 7) is 3.17. The zero-order valence-corrected chi connectivity index (χ0v) is 10.6. The summed E-state index contributed by atoms with van der Waals surface area (Å²) in [5.41, 5.74) is 1.35. The molecule has 0 saturated heterocycles. The fourth-order valence-electron chi connectivity index (χ4n) is 1.58. The largest absolute Gasteiger partial charge is 0.363 e. The van der Waals surface area contributed by atoms with Crippen molar-refractivity contribution < 1.29 is 9.47 Å². The van der Waals surface area contributed by atoms with Gasteiger partial charge in [-0.15, -0.1) is 5.10 Å². The van der Waals surface area contributed by atoms with Gasteiger partial charge in [0.15, 0.2) is 23.3 Å². The number of hydrogen-bond acceptors (Lipinski definition) is 7. The first-order chi connectivity index (χ1) is 8.80. The van der Waals surface area contributed by atoms with E-state index in [-0.39, 0.29) is 6.29 Å². The maximum atomic E-state index is 5.09. The highest BCUT2D eigenvalue weighted by molar-refractivity contribution is 5.81. The van der Waals surface area contributed by atoms with Crippen LogP contribution in [0.5, 0.6) is 0 Å². The standard InChI is InChI=1S/C10H16N6O2/c1-4-16-10-8(14-15-16)9(12-6-13-10)11-5-7(17-2)18-3/h6-7H,4-5H2,1-3H3,(H,11,12,13). The Labute approximate surface area is 104 Å². The van der Waals surface area contributed by atoms with Crippen molar-refractivity contribution in [2.24, 2.45) is 0 Å². The maximum absolute atomic E-state index is 5.09. The minimum atomic E-state index is -0.337. The molecule has 0 aliphatic rings. The minimum Gasteiger partial charge on any atom is -0.363 e. The zero-order valence-electron chi connectivity index (χ0n) is 10.6. The van der Waals surface area contributed by atoms with Crippen molar-refractivity contribution in [3.05, 3.63) is 6.33 Å². The molecule has 0 atom stereocenters. The number of ether oxygens (including phenoxy) is 2. The molecule has 0 radical (unpaired) electrons. The molecular formula is C10H16N6O2. The summed E-state index contributed by atoms with van der Waals surface area (Å²) in [6, 6.07) is 0. The number of aromatic nitrogens is 5. The molecule has 8 heteroatoms. The lowest BCUT2D eigenvalue weighted by atomic mass is 10.4. The number of rotatable bonds is 6. The van der Waals surface area contributed by atoms with Crippen LogP contribution < -0.4 is 5.32 Å². The normalized spacial score (nSPS) is 11.3. The minimum absolute atomic E-state index is 0.337. The molecule has 98 valence electrons. The van der Waals surface area contributed by atoms with Crippen molar-refractivity contribution in [3.63, 3.8) is 0 Å². The van der Waals surface area contributed by atoms with Gasteiger partial charge in [-0.2, -0.15) is 0 Å². The highest BCUT2D eigenvalue weighted by atomic mass is 16.7. The third-order valence-corrected chi connectivity index (χ3v) is 2.56. The van der Waals surface area contributed by atoms with Crippen molar-refractivity contribution >= 4 is 17.0 Å². The van der Waals surface area contributed by atoms with E-state index in [1.165, 1.54) is 6.33 Å². The van der Waals surface area contributed by atoms with Crippen LogP contribution >= 0.6 is 0 Å². The Morgan fingerprint density at radius 1 is 1.33 bits per heavy atom. The summed E-state index contributed by atoms with van der Waals surface area (Å²) >= 11 is 0. The van der Waals surface area contributed by atoms with Gasteiger partial charge < -0.3 is 14.8 Å². The molecule has 2 aromatic heterocycles. The van der Waals surface area contributed by atoms with Crippen molar-refractivity contribution in [3.8, 4) is 0 Å². The van der Waals surface area contributed by atoms with Crippen LogP contribution in [-0.2, 0) is 16.0 Å². The molecular weight excluding hydrogens is 236 g/mol. The van der Waals surface area contributed by atoms with Crippen LogP contribution in [0.2, 0.25) is 0 Å². The third kappa shape index (κ3) is 2.39. The lowest BCUT2D eigenvalue weighted by molar-refractivity contribution is -0.0914. The van der Waals surface area contributed by atoms with E-state index in [2.05, 4.69) is 25.6 Å². The van der Waals surface area contributed by atoms with Crippen LogP contribution in [0.1, 0.15) is 6.92 Å². The van der Waals surface area contributed by atoms with Gasteiger partial charge in [-0.3, -0.25) is 0 Å². The quantitative estimate of drug-likeness (QED) is 0.738. The number of aryl methyl sites for hydroxylation is 1. The molecule has 0 bridgehead atoms. The van der Waals surface area contributed by atoms with Gasteiger partial charge in [0.1, 0.15) is 6.33 Å². The summed E-state index contributed by atoms with van der Waals surface area (Å²) in [4.78, 5) is 8.31. The Balaban J connectivity index is 2.20. The van der Waals surface area contributed by atoms with Crippen molar-refractivity contribution in [1.82, 2.24) is 25.0 Å². The SMILES string of the molecule is CCn1nnc2c(NCC(OC)OC)ncnc21. The predicted molar refractivity (Wildman–Crippen MR) is 65.1 cm³/mol. The lowest BCUT2D eigenvalue weighted by Gasteiger charge is -2.14. The molecule has 2 heterocycles. The molecule has 0 spiro atoms. The first-order valence-electron chi connectivity index (χ1n) is 5.63. The second-order valence-electron chi connectivity index (χ2n) is 3.58. The third-order valence-electron chi connectivity index (χ3n) is 2.56. The monoisotopic (exact) mass is 252 g/mol. The molecule has 2 aromatic rings. The molecule has 2 rings (SSSR count). The smallest absolute Gasteiger partial charge is 0.183 e. The summed E-state index contributed by atoms with van der Waals surface area (Å²) < 4.78 is 11.9. The van der Waals surface area contributed by atoms with E-state index in [1.807, 2.05) is 6.92 Å². The van der Waals surface area contributed by atoms with E-state index in [0.29, 0.717) is 30.1 Å². The maximum Gasteiger partial charge on any atom is 0.183 e. The van der Waals surface area contributed by atoms with E-state index in [1.54, 1.807) is 18.9 Å². The van der Waals surface area contributed by atoms with Crippen molar-refractivity contribution in [1.29, 1.82) is 0 Å². The topological polar surface area (TPSA) is 87.0 Å². The summed E-state index contributed by atoms with van der Waals surface area (Å²) in [5, 5.41) is 11.2. The number of hydrogen-bond donors (Lipinski definition) is 1. The number of nitrogens with one attached hydrogen (secondary N) is 1. The molecule has 0 fully saturated rings. The molecule has 18 heavy (non-hydrogen) atoms. The van der Waals surface area contributed by atoms with Crippen molar-refractivity contribution in [2.75, 3.05) is 26.1 Å². The number of methoxy groups -OCH3 is 2. The fourth-order valence-corrected chi connectivity index (χ4v) is 1.58. The Morgan fingerprint density at radius 3 is 2.78 bits per heavy atom. The van der Waals surface area contributed by atoms with Gasteiger partial charge in [0.05, 0.1) is 6.54 Å². The van der Waals surface area contributed by atoms with Crippen LogP contribution in [0.3, 0.4) is 0 Å². The van der Waals surface area contributed by atoms with Crippen LogP contribution in [-0.4, -0.2) is 52.0 Å². The molecule has 0 aliphatic carbocycles. The average Bonchev–Trinajstić information content (AvgIpc) is 2.83. The molecule has 0 aliphatic heterocycles. The number of anilines is 1. The lowest BCUT2D eigenvalue weighted by Crippen LogP contribution is -2.24. The first kappa shape index (κ1) is 12.7. The molecule has 0 unspecified atom stereocenters. The molecule has 0 saturated carbocycles. The summed E-state index contributed by atoms with van der Waals surface area (Å²) in [6.07, 6.45) is 1.14. The Bertz CT molecular complexity index is 510. The van der Waals surface area contributed by atoms with Gasteiger partial charge in [-0.05, 0) is 6.92 Å². The zero-order chi connectivity index (χ0) is 13.0. The second kappa shape index (κ2) is 5.69. The van der Waals surface area contributed by atoms with Gasteiger partial charge in [0.25, 0.3) is 0 Å². The van der Waals surface area contributed by atoms with Gasteiger partial charge in [0, 0.05) is 20.8 Å². The van der Waals surface area contributed by atoms with Crippen LogP contribution in [0.25, 0.3) is 11.2 Å². The van der Waals surface area contributed by atoms with E-state index in [4.69, 9.17) is 9.47 Å².